The van der Waals surface area contributed by atoms with Gasteiger partial charge in [-0.25, -0.2) is 5.43 Å². The van der Waals surface area contributed by atoms with Crippen molar-refractivity contribution in [2.75, 3.05) is 41.9 Å². The number of anilines is 4. The number of non-ortho nitro benzene ring substituents is 1. The van der Waals surface area contributed by atoms with Gasteiger partial charge in [0.05, 0.1) is 24.4 Å². The maximum absolute atomic E-state index is 10.9. The average molecular weight is 436 g/mol. The topological polar surface area (TPSA) is 151 Å². The van der Waals surface area contributed by atoms with Crippen molar-refractivity contribution in [2.24, 2.45) is 5.10 Å². The maximum atomic E-state index is 10.9. The van der Waals surface area contributed by atoms with Crippen LogP contribution >= 0.6 is 0 Å². The fourth-order valence-corrected chi connectivity index (χ4v) is 2.94. The van der Waals surface area contributed by atoms with E-state index in [-0.39, 0.29) is 23.3 Å². The molecule has 0 spiro atoms. The number of nitro groups is 1. The number of phenols is 1. The van der Waals surface area contributed by atoms with Crippen LogP contribution in [0, 0.1) is 10.1 Å². The fourth-order valence-electron chi connectivity index (χ4n) is 2.94. The molecule has 3 aromatic rings. The number of nitro benzene ring substituents is 1. The lowest BCUT2D eigenvalue weighted by molar-refractivity contribution is -0.384. The highest BCUT2D eigenvalue weighted by Gasteiger charge is 2.17. The smallest absolute Gasteiger partial charge is 0.269 e. The van der Waals surface area contributed by atoms with E-state index >= 15 is 0 Å². The van der Waals surface area contributed by atoms with Gasteiger partial charge in [-0.2, -0.15) is 20.1 Å². The first-order chi connectivity index (χ1) is 15.6. The van der Waals surface area contributed by atoms with E-state index in [1.165, 1.54) is 18.3 Å². The van der Waals surface area contributed by atoms with Gasteiger partial charge in [0.25, 0.3) is 5.69 Å². The zero-order chi connectivity index (χ0) is 22.3. The second-order valence-corrected chi connectivity index (χ2v) is 6.78. The highest BCUT2D eigenvalue weighted by molar-refractivity contribution is 5.80. The van der Waals surface area contributed by atoms with Crippen LogP contribution in [0.4, 0.5) is 29.2 Å². The van der Waals surface area contributed by atoms with Crippen molar-refractivity contribution in [1.82, 2.24) is 15.0 Å². The van der Waals surface area contributed by atoms with Crippen LogP contribution in [0.25, 0.3) is 0 Å². The Kier molecular flexibility index (Phi) is 6.32. The van der Waals surface area contributed by atoms with Crippen LogP contribution in [0.5, 0.6) is 5.75 Å². The Morgan fingerprint density at radius 1 is 1.09 bits per heavy atom. The number of morpholine rings is 1. The number of aromatic hydroxyl groups is 1. The van der Waals surface area contributed by atoms with Crippen LogP contribution in [0.1, 0.15) is 5.56 Å². The van der Waals surface area contributed by atoms with Gasteiger partial charge < -0.3 is 20.1 Å². The third kappa shape index (κ3) is 5.43. The standard InChI is InChI=1S/C20H20N8O4/c29-17-3-1-2-14(12-17)13-21-26-19-23-18(22-15-4-6-16(7-5-15)28(30)31)24-20(25-19)27-8-10-32-11-9-27/h1-7,12-13,29H,8-11H2,(H2,22,23,24,25,26). The predicted molar refractivity (Wildman–Crippen MR) is 119 cm³/mol. The Morgan fingerprint density at radius 2 is 1.84 bits per heavy atom. The summed E-state index contributed by atoms with van der Waals surface area (Å²) < 4.78 is 5.39. The van der Waals surface area contributed by atoms with E-state index in [2.05, 4.69) is 30.8 Å². The molecule has 0 radical (unpaired) electrons. The van der Waals surface area contributed by atoms with Crippen LogP contribution in [-0.4, -0.2) is 57.5 Å². The molecule has 12 heteroatoms. The van der Waals surface area contributed by atoms with Crippen molar-refractivity contribution < 1.29 is 14.8 Å². The van der Waals surface area contributed by atoms with Crippen LogP contribution in [0.15, 0.2) is 53.6 Å². The largest absolute Gasteiger partial charge is 0.508 e. The molecule has 2 aromatic carbocycles. The molecular formula is C20H20N8O4. The van der Waals surface area contributed by atoms with Gasteiger partial charge in [0.2, 0.25) is 17.8 Å². The molecule has 0 saturated carbocycles. The van der Waals surface area contributed by atoms with Crippen molar-refractivity contribution in [3.8, 4) is 5.75 Å². The van der Waals surface area contributed by atoms with Crippen molar-refractivity contribution in [3.05, 3.63) is 64.2 Å². The molecule has 0 unspecified atom stereocenters. The zero-order valence-corrected chi connectivity index (χ0v) is 16.9. The molecule has 0 amide bonds. The van der Waals surface area contributed by atoms with E-state index < -0.39 is 4.92 Å². The van der Waals surface area contributed by atoms with E-state index in [9.17, 15) is 15.2 Å². The monoisotopic (exact) mass is 436 g/mol. The molecule has 12 nitrogen and oxygen atoms in total. The highest BCUT2D eigenvalue weighted by Crippen LogP contribution is 2.21. The van der Waals surface area contributed by atoms with Gasteiger partial charge in [0.1, 0.15) is 5.75 Å². The maximum Gasteiger partial charge on any atom is 0.269 e. The van der Waals surface area contributed by atoms with Crippen LogP contribution in [0.2, 0.25) is 0 Å². The van der Waals surface area contributed by atoms with E-state index in [0.717, 1.165) is 0 Å². The molecule has 0 aliphatic carbocycles. The third-order valence-corrected chi connectivity index (χ3v) is 4.50. The summed E-state index contributed by atoms with van der Waals surface area (Å²) in [7, 11) is 0. The molecule has 1 saturated heterocycles. The molecule has 32 heavy (non-hydrogen) atoms. The molecule has 1 aromatic heterocycles. The number of benzene rings is 2. The lowest BCUT2D eigenvalue weighted by atomic mass is 10.2. The van der Waals surface area contributed by atoms with Gasteiger partial charge in [-0.1, -0.05) is 12.1 Å². The second-order valence-electron chi connectivity index (χ2n) is 6.78. The second kappa shape index (κ2) is 9.66. The lowest BCUT2D eigenvalue weighted by Crippen LogP contribution is -2.37. The minimum absolute atomic E-state index is 0.0103. The number of nitrogens with zero attached hydrogens (tertiary/aromatic N) is 6. The van der Waals surface area contributed by atoms with E-state index in [0.29, 0.717) is 43.5 Å². The van der Waals surface area contributed by atoms with Gasteiger partial charge in [0, 0.05) is 30.9 Å². The summed E-state index contributed by atoms with van der Waals surface area (Å²) in [5, 5.41) is 27.6. The van der Waals surface area contributed by atoms with Crippen molar-refractivity contribution >= 4 is 35.4 Å². The molecule has 2 heterocycles. The number of aromatic nitrogens is 3. The number of ether oxygens (including phenoxy) is 1. The van der Waals surface area contributed by atoms with E-state index in [1.54, 1.807) is 36.4 Å². The van der Waals surface area contributed by atoms with Crippen molar-refractivity contribution in [2.45, 2.75) is 0 Å². The van der Waals surface area contributed by atoms with Crippen molar-refractivity contribution in [1.29, 1.82) is 0 Å². The lowest BCUT2D eigenvalue weighted by Gasteiger charge is -2.27. The first-order valence-corrected chi connectivity index (χ1v) is 9.75. The molecule has 1 aliphatic rings. The summed E-state index contributed by atoms with van der Waals surface area (Å²) in [5.74, 6) is 1.05. The Morgan fingerprint density at radius 3 is 2.56 bits per heavy atom. The summed E-state index contributed by atoms with van der Waals surface area (Å²) in [6.07, 6.45) is 1.53. The minimum Gasteiger partial charge on any atom is -0.508 e. The number of hydrogen-bond acceptors (Lipinski definition) is 11. The average Bonchev–Trinajstić information content (AvgIpc) is 2.80. The van der Waals surface area contributed by atoms with Gasteiger partial charge in [-0.3, -0.25) is 10.1 Å². The molecule has 3 N–H and O–H groups in total. The number of phenolic OH excluding ortho intramolecular Hbond substituents is 1. The van der Waals surface area contributed by atoms with Crippen molar-refractivity contribution in [3.63, 3.8) is 0 Å². The molecule has 164 valence electrons. The molecular weight excluding hydrogens is 416 g/mol. The SMILES string of the molecule is O=[N+]([O-])c1ccc(Nc2nc(NN=Cc3cccc(O)c3)nc(N3CCOCC3)n2)cc1. The first kappa shape index (κ1) is 20.9. The van der Waals surface area contributed by atoms with Crippen LogP contribution in [0.3, 0.4) is 0 Å². The minimum atomic E-state index is -0.463. The molecule has 4 rings (SSSR count). The fraction of sp³-hybridized carbons (Fsp3) is 0.200. The Labute approximate surface area is 182 Å². The first-order valence-electron chi connectivity index (χ1n) is 9.75. The van der Waals surface area contributed by atoms with E-state index in [1.807, 2.05) is 4.90 Å². The van der Waals surface area contributed by atoms with E-state index in [4.69, 9.17) is 4.74 Å². The van der Waals surface area contributed by atoms with Gasteiger partial charge in [-0.05, 0) is 29.8 Å². The zero-order valence-electron chi connectivity index (χ0n) is 16.9. The number of rotatable bonds is 7. The quantitative estimate of drug-likeness (QED) is 0.286. The predicted octanol–water partition coefficient (Wildman–Crippen LogP) is 2.51. The summed E-state index contributed by atoms with van der Waals surface area (Å²) >= 11 is 0. The summed E-state index contributed by atoms with van der Waals surface area (Å²) in [4.78, 5) is 25.6. The Hall–Kier alpha value is -4.32. The summed E-state index contributed by atoms with van der Waals surface area (Å²) in [5.41, 5.74) is 4.06. The van der Waals surface area contributed by atoms with Gasteiger partial charge in [0.15, 0.2) is 0 Å². The van der Waals surface area contributed by atoms with Crippen LogP contribution < -0.4 is 15.6 Å². The molecule has 0 bridgehead atoms. The molecule has 0 atom stereocenters. The molecule has 1 fully saturated rings. The Bertz CT molecular complexity index is 1120. The Balaban J connectivity index is 1.56. The number of nitrogens with one attached hydrogen (secondary N) is 2. The summed E-state index contributed by atoms with van der Waals surface area (Å²) in [6.45, 7) is 2.39. The van der Waals surface area contributed by atoms with Gasteiger partial charge >= 0.3 is 0 Å². The normalized spacial score (nSPS) is 13.8. The number of hydrogen-bond donors (Lipinski definition) is 3. The van der Waals surface area contributed by atoms with Gasteiger partial charge in [-0.15, -0.1) is 0 Å². The van der Waals surface area contributed by atoms with Crippen LogP contribution in [-0.2, 0) is 4.74 Å². The molecule has 1 aliphatic heterocycles. The highest BCUT2D eigenvalue weighted by atomic mass is 16.6. The summed E-state index contributed by atoms with van der Waals surface area (Å²) in [6, 6.07) is 12.6. The number of hydrazone groups is 1. The third-order valence-electron chi connectivity index (χ3n) is 4.50.